The molecule has 0 spiro atoms. The molecule has 0 aromatic heterocycles. The Morgan fingerprint density at radius 1 is 1.22 bits per heavy atom. The van der Waals surface area contributed by atoms with Gasteiger partial charge in [0.2, 0.25) is 0 Å². The van der Waals surface area contributed by atoms with Crippen molar-refractivity contribution in [3.63, 3.8) is 0 Å². The normalized spacial score (nSPS) is 11.5. The van der Waals surface area contributed by atoms with E-state index < -0.39 is 15.1 Å². The summed E-state index contributed by atoms with van der Waals surface area (Å²) in [7, 11) is -3.55. The average molecular weight is 373 g/mol. The number of hydrogen-bond acceptors (Lipinski definition) is 4. The maximum atomic E-state index is 13.0. The lowest BCUT2D eigenvalue weighted by Gasteiger charge is -2.13. The van der Waals surface area contributed by atoms with Crippen LogP contribution in [0.4, 0.5) is 4.39 Å². The first-order valence-electron chi connectivity index (χ1n) is 6.72. The number of sulfone groups is 1. The standard InChI is InChI=1S/C16H14ClFO3S2/c1-3-10-8-14(22-12-6-4-11(18)5-7-12)15(23(2,20)21)9-13(10)16(17)19/h4-9H,3H2,1-2H3. The van der Waals surface area contributed by atoms with Crippen LogP contribution >= 0.6 is 23.4 Å². The van der Waals surface area contributed by atoms with Crippen LogP contribution < -0.4 is 0 Å². The lowest BCUT2D eigenvalue weighted by molar-refractivity contribution is 0.108. The molecule has 2 aromatic rings. The minimum absolute atomic E-state index is 0.0352. The highest BCUT2D eigenvalue weighted by Crippen LogP contribution is 2.35. The van der Waals surface area contributed by atoms with Gasteiger partial charge in [0.1, 0.15) is 5.82 Å². The van der Waals surface area contributed by atoms with Crippen LogP contribution in [-0.4, -0.2) is 19.9 Å². The zero-order valence-corrected chi connectivity index (χ0v) is 14.9. The van der Waals surface area contributed by atoms with Crippen LogP contribution in [0.1, 0.15) is 22.8 Å². The van der Waals surface area contributed by atoms with E-state index in [1.54, 1.807) is 18.2 Å². The van der Waals surface area contributed by atoms with E-state index in [0.717, 1.165) is 6.26 Å². The third kappa shape index (κ3) is 4.34. The molecule has 7 heteroatoms. The Hall–Kier alpha value is -1.37. The number of rotatable bonds is 5. The minimum Gasteiger partial charge on any atom is -0.276 e. The molecule has 0 unspecified atom stereocenters. The Kier molecular flexibility index (Phi) is 5.49. The van der Waals surface area contributed by atoms with Crippen molar-refractivity contribution in [2.24, 2.45) is 0 Å². The molecule has 2 aromatic carbocycles. The van der Waals surface area contributed by atoms with Crippen LogP contribution in [-0.2, 0) is 16.3 Å². The van der Waals surface area contributed by atoms with E-state index in [0.29, 0.717) is 21.8 Å². The molecule has 0 fully saturated rings. The van der Waals surface area contributed by atoms with Crippen LogP contribution in [0.5, 0.6) is 0 Å². The van der Waals surface area contributed by atoms with Crippen LogP contribution in [0.25, 0.3) is 0 Å². The first-order valence-corrected chi connectivity index (χ1v) is 9.81. The molecule has 0 aliphatic carbocycles. The van der Waals surface area contributed by atoms with Crippen LogP contribution in [0.3, 0.4) is 0 Å². The Morgan fingerprint density at radius 3 is 2.30 bits per heavy atom. The summed E-state index contributed by atoms with van der Waals surface area (Å²) in [6.07, 6.45) is 1.61. The van der Waals surface area contributed by atoms with Gasteiger partial charge in [0.25, 0.3) is 5.24 Å². The zero-order chi connectivity index (χ0) is 17.2. The van der Waals surface area contributed by atoms with Gasteiger partial charge in [0.15, 0.2) is 9.84 Å². The molecular weight excluding hydrogens is 359 g/mol. The highest BCUT2D eigenvalue weighted by atomic mass is 35.5. The minimum atomic E-state index is -3.55. The topological polar surface area (TPSA) is 51.2 Å². The van der Waals surface area contributed by atoms with Gasteiger partial charge in [0.05, 0.1) is 4.90 Å². The summed E-state index contributed by atoms with van der Waals surface area (Å²) in [5, 5.41) is -0.690. The Bertz CT molecular complexity index is 846. The lowest BCUT2D eigenvalue weighted by Crippen LogP contribution is -2.05. The van der Waals surface area contributed by atoms with Crippen molar-refractivity contribution in [3.8, 4) is 0 Å². The van der Waals surface area contributed by atoms with E-state index in [1.807, 2.05) is 6.92 Å². The summed E-state index contributed by atoms with van der Waals surface area (Å²) in [4.78, 5) is 12.8. The van der Waals surface area contributed by atoms with E-state index in [2.05, 4.69) is 0 Å². The second-order valence-electron chi connectivity index (χ2n) is 4.91. The van der Waals surface area contributed by atoms with E-state index in [1.165, 1.54) is 30.0 Å². The first kappa shape index (κ1) is 18.0. The predicted molar refractivity (Wildman–Crippen MR) is 89.6 cm³/mol. The quantitative estimate of drug-likeness (QED) is 0.733. The fourth-order valence-electron chi connectivity index (χ4n) is 2.08. The molecule has 23 heavy (non-hydrogen) atoms. The molecular formula is C16H14ClFO3S2. The number of carbonyl (C=O) groups is 1. The van der Waals surface area contributed by atoms with Crippen LogP contribution in [0.15, 0.2) is 51.1 Å². The van der Waals surface area contributed by atoms with Gasteiger partial charge in [-0.15, -0.1) is 0 Å². The van der Waals surface area contributed by atoms with Crippen LogP contribution in [0, 0.1) is 5.82 Å². The molecule has 3 nitrogen and oxygen atoms in total. The second-order valence-corrected chi connectivity index (χ2v) is 8.35. The molecule has 0 aliphatic heterocycles. The molecule has 0 amide bonds. The second kappa shape index (κ2) is 7.03. The van der Waals surface area contributed by atoms with Gasteiger partial charge in [-0.3, -0.25) is 4.79 Å². The number of hydrogen-bond donors (Lipinski definition) is 0. The van der Waals surface area contributed by atoms with Crippen molar-refractivity contribution in [1.82, 2.24) is 0 Å². The van der Waals surface area contributed by atoms with Gasteiger partial charge >= 0.3 is 0 Å². The Balaban J connectivity index is 2.60. The molecule has 0 saturated heterocycles. The monoisotopic (exact) mass is 372 g/mol. The predicted octanol–water partition coefficient (Wildman–Crippen LogP) is 4.32. The van der Waals surface area contributed by atoms with Gasteiger partial charge in [-0.1, -0.05) is 18.7 Å². The van der Waals surface area contributed by atoms with Crippen molar-refractivity contribution in [1.29, 1.82) is 0 Å². The van der Waals surface area contributed by atoms with Gasteiger partial charge in [-0.05, 0) is 60.0 Å². The zero-order valence-electron chi connectivity index (χ0n) is 12.5. The maximum absolute atomic E-state index is 13.0. The third-order valence-electron chi connectivity index (χ3n) is 3.20. The Morgan fingerprint density at radius 2 is 1.83 bits per heavy atom. The Labute approximate surface area is 143 Å². The first-order chi connectivity index (χ1) is 10.7. The molecule has 0 radical (unpaired) electrons. The average Bonchev–Trinajstić information content (AvgIpc) is 2.47. The third-order valence-corrected chi connectivity index (χ3v) is 5.74. The van der Waals surface area contributed by atoms with E-state index in [9.17, 15) is 17.6 Å². The summed E-state index contributed by atoms with van der Waals surface area (Å²) in [5.41, 5.74) is 0.861. The van der Waals surface area contributed by atoms with E-state index >= 15 is 0 Å². The highest BCUT2D eigenvalue weighted by molar-refractivity contribution is 8.00. The van der Waals surface area contributed by atoms with Crippen LogP contribution in [0.2, 0.25) is 0 Å². The summed E-state index contributed by atoms with van der Waals surface area (Å²) in [6, 6.07) is 8.71. The molecule has 0 saturated carbocycles. The molecule has 0 atom stereocenters. The van der Waals surface area contributed by atoms with Gasteiger partial charge < -0.3 is 0 Å². The number of halogens is 2. The SMILES string of the molecule is CCc1cc(Sc2ccc(F)cc2)c(S(C)(=O)=O)cc1C(=O)Cl. The fraction of sp³-hybridized carbons (Fsp3) is 0.188. The van der Waals surface area contributed by atoms with Crippen molar-refractivity contribution in [3.05, 3.63) is 53.3 Å². The van der Waals surface area contributed by atoms with Crippen molar-refractivity contribution in [2.45, 2.75) is 28.0 Å². The molecule has 0 aliphatic rings. The molecule has 0 bridgehead atoms. The number of aryl methyl sites for hydroxylation is 1. The lowest BCUT2D eigenvalue weighted by atomic mass is 10.1. The van der Waals surface area contributed by atoms with Crippen molar-refractivity contribution < 1.29 is 17.6 Å². The molecule has 122 valence electrons. The van der Waals surface area contributed by atoms with E-state index in [-0.39, 0.29) is 16.3 Å². The summed E-state index contributed by atoms with van der Waals surface area (Å²) in [6.45, 7) is 1.85. The fourth-order valence-corrected chi connectivity index (χ4v) is 4.47. The number of benzene rings is 2. The maximum Gasteiger partial charge on any atom is 0.252 e. The van der Waals surface area contributed by atoms with E-state index in [4.69, 9.17) is 11.6 Å². The summed E-state index contributed by atoms with van der Waals surface area (Å²) < 4.78 is 37.1. The van der Waals surface area contributed by atoms with Crippen molar-refractivity contribution >= 4 is 38.4 Å². The molecule has 0 heterocycles. The van der Waals surface area contributed by atoms with Gasteiger partial charge in [-0.2, -0.15) is 0 Å². The molecule has 0 N–H and O–H groups in total. The van der Waals surface area contributed by atoms with Crippen molar-refractivity contribution in [2.75, 3.05) is 6.26 Å². The largest absolute Gasteiger partial charge is 0.276 e. The summed E-state index contributed by atoms with van der Waals surface area (Å²) in [5.74, 6) is -0.366. The summed E-state index contributed by atoms with van der Waals surface area (Å²) >= 11 is 6.76. The van der Waals surface area contributed by atoms with Gasteiger partial charge in [-0.25, -0.2) is 12.8 Å². The number of carbonyl (C=O) groups excluding carboxylic acids is 1. The van der Waals surface area contributed by atoms with Gasteiger partial charge in [0, 0.05) is 21.6 Å². The molecule has 2 rings (SSSR count). The smallest absolute Gasteiger partial charge is 0.252 e. The highest BCUT2D eigenvalue weighted by Gasteiger charge is 2.20.